The van der Waals surface area contributed by atoms with Crippen molar-refractivity contribution in [2.75, 3.05) is 0 Å². The van der Waals surface area contributed by atoms with Gasteiger partial charge in [-0.3, -0.25) is 0 Å². The van der Waals surface area contributed by atoms with E-state index in [1.54, 1.807) is 0 Å². The highest BCUT2D eigenvalue weighted by atomic mass is 16.2. The number of hydrazone groups is 1. The minimum Gasteiger partial charge on any atom is -0.350 e. The van der Waals surface area contributed by atoms with Crippen molar-refractivity contribution >= 4 is 11.7 Å². The lowest BCUT2D eigenvalue weighted by Crippen LogP contribution is -2.28. The van der Waals surface area contributed by atoms with Crippen molar-refractivity contribution in [2.24, 2.45) is 22.7 Å². The molecule has 2 aliphatic carbocycles. The summed E-state index contributed by atoms with van der Waals surface area (Å²) >= 11 is 0. The first-order valence-electron chi connectivity index (χ1n) is 5.26. The molecule has 0 aromatic carbocycles. The predicted molar refractivity (Wildman–Crippen MR) is 63.8 cm³/mol. The highest BCUT2D eigenvalue weighted by Crippen LogP contribution is 2.37. The summed E-state index contributed by atoms with van der Waals surface area (Å²) in [5.41, 5.74) is 10.9. The number of primary amides is 1. The van der Waals surface area contributed by atoms with Crippen LogP contribution in [-0.4, -0.2) is 11.7 Å². The fraction of sp³-hybridized carbons (Fsp3) is 0.333. The van der Waals surface area contributed by atoms with Gasteiger partial charge in [-0.1, -0.05) is 35.5 Å². The first-order chi connectivity index (χ1) is 7.61. The second-order valence-electron chi connectivity index (χ2n) is 4.10. The third kappa shape index (κ3) is 1.66. The van der Waals surface area contributed by atoms with Gasteiger partial charge in [-0.15, -0.1) is 0 Å². The molecular weight excluding hydrogens is 202 g/mol. The Bertz CT molecular complexity index is 413. The summed E-state index contributed by atoms with van der Waals surface area (Å²) in [7, 11) is 0. The maximum absolute atomic E-state index is 10.7. The van der Waals surface area contributed by atoms with Gasteiger partial charge in [-0.05, 0) is 13.8 Å². The molecule has 2 atom stereocenters. The van der Waals surface area contributed by atoms with Crippen LogP contribution in [0.15, 0.2) is 40.6 Å². The summed E-state index contributed by atoms with van der Waals surface area (Å²) in [6.07, 6.45) is 8.20. The molecule has 2 rings (SSSR count). The number of allylic oxidation sites excluding steroid dienone is 6. The van der Waals surface area contributed by atoms with E-state index in [-0.39, 0.29) is 11.8 Å². The van der Waals surface area contributed by atoms with Crippen LogP contribution in [0.3, 0.4) is 0 Å². The maximum atomic E-state index is 10.7. The van der Waals surface area contributed by atoms with Gasteiger partial charge in [0.2, 0.25) is 0 Å². The highest BCUT2D eigenvalue weighted by molar-refractivity contribution is 6.00. The Morgan fingerprint density at radius 3 is 2.19 bits per heavy atom. The summed E-state index contributed by atoms with van der Waals surface area (Å²) in [6, 6.07) is -0.626. The van der Waals surface area contributed by atoms with Gasteiger partial charge in [0.1, 0.15) is 0 Å². The molecule has 0 saturated carbocycles. The lowest BCUT2D eigenvalue weighted by Gasteiger charge is -2.10. The Kier molecular flexibility index (Phi) is 2.64. The Labute approximate surface area is 94.6 Å². The van der Waals surface area contributed by atoms with E-state index in [0.717, 1.165) is 5.71 Å². The van der Waals surface area contributed by atoms with Crippen LogP contribution in [0.1, 0.15) is 13.8 Å². The first kappa shape index (κ1) is 10.7. The number of fused-ring (bicyclic) bond motifs is 2. The number of hydrogen-bond acceptors (Lipinski definition) is 2. The molecule has 2 amide bonds. The van der Waals surface area contributed by atoms with Crippen LogP contribution in [0, 0.1) is 11.8 Å². The lowest BCUT2D eigenvalue weighted by atomic mass is 9.98. The number of carbonyl (C=O) groups is 1. The van der Waals surface area contributed by atoms with Crippen LogP contribution < -0.4 is 11.2 Å². The van der Waals surface area contributed by atoms with Crippen molar-refractivity contribution in [3.8, 4) is 0 Å². The van der Waals surface area contributed by atoms with Crippen LogP contribution in [-0.2, 0) is 0 Å². The average Bonchev–Trinajstić information content (AvgIpc) is 2.44. The molecule has 0 spiro atoms. The Balaban J connectivity index is 2.37. The smallest absolute Gasteiger partial charge is 0.332 e. The minimum absolute atomic E-state index is 0.187. The van der Waals surface area contributed by atoms with Crippen molar-refractivity contribution in [1.82, 2.24) is 5.43 Å². The van der Waals surface area contributed by atoms with E-state index in [9.17, 15) is 4.79 Å². The number of nitrogens with two attached hydrogens (primary N) is 1. The summed E-state index contributed by atoms with van der Waals surface area (Å²) < 4.78 is 0. The first-order valence-corrected chi connectivity index (χ1v) is 5.26. The summed E-state index contributed by atoms with van der Waals surface area (Å²) in [5, 5.41) is 4.12. The quantitative estimate of drug-likeness (QED) is 0.509. The zero-order chi connectivity index (χ0) is 11.7. The van der Waals surface area contributed by atoms with Gasteiger partial charge in [0.05, 0.1) is 5.71 Å². The van der Waals surface area contributed by atoms with Crippen molar-refractivity contribution in [3.05, 3.63) is 35.5 Å². The number of carbonyl (C=O) groups excluding carboxylic acids is 1. The van der Waals surface area contributed by atoms with Gasteiger partial charge < -0.3 is 5.73 Å². The van der Waals surface area contributed by atoms with Crippen LogP contribution in [0.5, 0.6) is 0 Å². The number of rotatable bonds is 1. The Morgan fingerprint density at radius 2 is 1.75 bits per heavy atom. The second-order valence-corrected chi connectivity index (χ2v) is 4.10. The molecule has 0 aliphatic heterocycles. The average molecular weight is 217 g/mol. The molecule has 2 aliphatic rings. The molecule has 0 fully saturated rings. The molecule has 4 heteroatoms. The highest BCUT2D eigenvalue weighted by Gasteiger charge is 2.33. The summed E-state index contributed by atoms with van der Waals surface area (Å²) in [4.78, 5) is 10.7. The SMILES string of the molecule is CC1=C(C)[C@H]2C=CC=C[C@H]1C2=NNC(N)=O. The number of amides is 2. The van der Waals surface area contributed by atoms with Crippen molar-refractivity contribution in [1.29, 1.82) is 0 Å². The zero-order valence-electron chi connectivity index (χ0n) is 9.40. The molecule has 0 radical (unpaired) electrons. The van der Waals surface area contributed by atoms with Crippen molar-refractivity contribution < 1.29 is 4.79 Å². The van der Waals surface area contributed by atoms with E-state index in [1.807, 2.05) is 12.2 Å². The van der Waals surface area contributed by atoms with Gasteiger partial charge in [0.15, 0.2) is 0 Å². The molecule has 3 N–H and O–H groups in total. The topological polar surface area (TPSA) is 67.5 Å². The zero-order valence-corrected chi connectivity index (χ0v) is 9.40. The molecule has 0 aromatic rings. The maximum Gasteiger partial charge on any atom is 0.332 e. The largest absolute Gasteiger partial charge is 0.350 e. The van der Waals surface area contributed by atoms with Gasteiger partial charge >= 0.3 is 6.03 Å². The molecule has 0 unspecified atom stereocenters. The van der Waals surface area contributed by atoms with E-state index in [1.165, 1.54) is 11.1 Å². The van der Waals surface area contributed by atoms with E-state index in [0.29, 0.717) is 0 Å². The number of hydrogen-bond donors (Lipinski definition) is 2. The molecule has 0 aromatic heterocycles. The normalized spacial score (nSPS) is 27.0. The third-order valence-electron chi connectivity index (χ3n) is 3.21. The number of nitrogens with zero attached hydrogens (tertiary/aromatic N) is 1. The van der Waals surface area contributed by atoms with E-state index in [4.69, 9.17) is 5.73 Å². The number of nitrogens with one attached hydrogen (secondary N) is 1. The van der Waals surface area contributed by atoms with Crippen molar-refractivity contribution in [2.45, 2.75) is 13.8 Å². The van der Waals surface area contributed by atoms with E-state index >= 15 is 0 Å². The standard InChI is InChI=1S/C12H15N3O/c1-7-8(2)10-6-4-3-5-9(7)11(10)14-15-12(13)16/h3-6,9-10H,1-2H3,(H3,13,15,16)/t9-,10-/m1/s1. The lowest BCUT2D eigenvalue weighted by molar-refractivity contribution is 0.249. The van der Waals surface area contributed by atoms with Gasteiger partial charge in [-0.2, -0.15) is 5.10 Å². The monoisotopic (exact) mass is 217 g/mol. The molecule has 0 heterocycles. The van der Waals surface area contributed by atoms with E-state index < -0.39 is 6.03 Å². The van der Waals surface area contributed by atoms with Crippen LogP contribution in [0.4, 0.5) is 4.79 Å². The Hall–Kier alpha value is -1.84. The van der Waals surface area contributed by atoms with Crippen LogP contribution in [0.2, 0.25) is 0 Å². The van der Waals surface area contributed by atoms with Gasteiger partial charge in [0.25, 0.3) is 0 Å². The minimum atomic E-state index is -0.626. The molecule has 84 valence electrons. The molecule has 2 bridgehead atoms. The molecular formula is C12H15N3O. The predicted octanol–water partition coefficient (Wildman–Crippen LogP) is 1.72. The molecule has 16 heavy (non-hydrogen) atoms. The number of urea groups is 1. The van der Waals surface area contributed by atoms with Gasteiger partial charge in [-0.25, -0.2) is 10.2 Å². The van der Waals surface area contributed by atoms with Crippen molar-refractivity contribution in [3.63, 3.8) is 0 Å². The molecule has 0 saturated heterocycles. The summed E-state index contributed by atoms with van der Waals surface area (Å²) in [6.45, 7) is 4.20. The second kappa shape index (κ2) is 3.96. The van der Waals surface area contributed by atoms with Crippen LogP contribution in [0.25, 0.3) is 0 Å². The third-order valence-corrected chi connectivity index (χ3v) is 3.21. The van der Waals surface area contributed by atoms with Gasteiger partial charge in [0, 0.05) is 11.8 Å². The fourth-order valence-electron chi connectivity index (χ4n) is 2.22. The summed E-state index contributed by atoms with van der Waals surface area (Å²) in [5.74, 6) is 0.374. The molecule has 4 nitrogen and oxygen atoms in total. The van der Waals surface area contributed by atoms with E-state index in [2.05, 4.69) is 36.5 Å². The van der Waals surface area contributed by atoms with Crippen LogP contribution >= 0.6 is 0 Å². The fourth-order valence-corrected chi connectivity index (χ4v) is 2.22. The Morgan fingerprint density at radius 1 is 1.25 bits per heavy atom.